The summed E-state index contributed by atoms with van der Waals surface area (Å²) in [6, 6.07) is 23.0. The van der Waals surface area contributed by atoms with Gasteiger partial charge in [0.25, 0.3) is 5.91 Å². The number of hydrogen-bond donors (Lipinski definition) is 2. The minimum absolute atomic E-state index is 0.0186. The van der Waals surface area contributed by atoms with Crippen LogP contribution in [0.4, 0.5) is 5.69 Å². The van der Waals surface area contributed by atoms with Crippen LogP contribution in [0.2, 0.25) is 0 Å². The van der Waals surface area contributed by atoms with E-state index in [-0.39, 0.29) is 11.7 Å². The van der Waals surface area contributed by atoms with Crippen molar-refractivity contribution in [3.8, 4) is 0 Å². The van der Waals surface area contributed by atoms with Crippen molar-refractivity contribution < 1.29 is 18.1 Å². The zero-order valence-corrected chi connectivity index (χ0v) is 17.6. The molecule has 0 aliphatic carbocycles. The monoisotopic (exact) mass is 424 g/mol. The Morgan fingerprint density at radius 2 is 1.57 bits per heavy atom. The van der Waals surface area contributed by atoms with E-state index in [2.05, 4.69) is 5.32 Å². The van der Waals surface area contributed by atoms with Crippen molar-refractivity contribution in [3.05, 3.63) is 78.4 Å². The van der Waals surface area contributed by atoms with Crippen LogP contribution in [-0.2, 0) is 20.6 Å². The summed E-state index contributed by atoms with van der Waals surface area (Å²) >= 11 is 0. The van der Waals surface area contributed by atoms with Crippen molar-refractivity contribution in [3.63, 3.8) is 0 Å². The lowest BCUT2D eigenvalue weighted by Gasteiger charge is -2.31. The van der Waals surface area contributed by atoms with Gasteiger partial charge in [0, 0.05) is 11.1 Å². The molecule has 0 spiro atoms. The molecule has 6 nitrogen and oxygen atoms in total. The Balaban J connectivity index is 1.32. The maximum absolute atomic E-state index is 12.7. The van der Waals surface area contributed by atoms with Crippen LogP contribution in [0, 0.1) is 0 Å². The number of nitrogens with one attached hydrogen (secondary N) is 2. The molecule has 0 aromatic heterocycles. The molecule has 0 bridgehead atoms. The fourth-order valence-electron chi connectivity index (χ4n) is 3.89. The first-order valence-corrected chi connectivity index (χ1v) is 11.8. The Morgan fingerprint density at radius 3 is 2.33 bits per heavy atom. The molecule has 0 unspecified atom stereocenters. The molecule has 2 N–H and O–H groups in total. The predicted molar refractivity (Wildman–Crippen MR) is 119 cm³/mol. The molecule has 1 heterocycles. The summed E-state index contributed by atoms with van der Waals surface area (Å²) in [4.78, 5) is 13.7. The zero-order valence-electron chi connectivity index (χ0n) is 16.8. The smallest absolute Gasteiger partial charge is 0.279 e. The number of hydrogen-bond acceptors (Lipinski definition) is 3. The number of amides is 1. The Labute approximate surface area is 177 Å². The average molecular weight is 425 g/mol. The van der Waals surface area contributed by atoms with Crippen LogP contribution in [0.25, 0.3) is 10.8 Å². The van der Waals surface area contributed by atoms with E-state index >= 15 is 0 Å². The SMILES string of the molecule is O=C(C[NH+]1CCN(S(=O)(=O)Cc2ccccc2)CC1)Nc1cccc2ccccc12. The molecule has 1 aliphatic rings. The summed E-state index contributed by atoms with van der Waals surface area (Å²) in [5.41, 5.74) is 1.60. The molecule has 1 saturated heterocycles. The largest absolute Gasteiger partial charge is 0.325 e. The standard InChI is InChI=1S/C23H25N3O3S/c27-23(24-22-12-6-10-20-9-4-5-11-21(20)22)17-25-13-15-26(16-14-25)30(28,29)18-19-7-2-1-3-8-19/h1-12H,13-18H2,(H,24,27)/p+1. The van der Waals surface area contributed by atoms with E-state index in [0.29, 0.717) is 32.7 Å². The number of carbonyl (C=O) groups excluding carboxylic acids is 1. The van der Waals surface area contributed by atoms with Crippen LogP contribution in [0.5, 0.6) is 0 Å². The van der Waals surface area contributed by atoms with Crippen molar-refractivity contribution in [2.45, 2.75) is 5.75 Å². The van der Waals surface area contributed by atoms with Gasteiger partial charge in [-0.25, -0.2) is 8.42 Å². The third kappa shape index (κ3) is 4.87. The summed E-state index contributed by atoms with van der Waals surface area (Å²) < 4.78 is 26.9. The quantitative estimate of drug-likeness (QED) is 0.630. The second-order valence-electron chi connectivity index (χ2n) is 7.64. The van der Waals surface area contributed by atoms with Gasteiger partial charge < -0.3 is 10.2 Å². The maximum Gasteiger partial charge on any atom is 0.279 e. The number of carbonyl (C=O) groups is 1. The summed E-state index contributed by atoms with van der Waals surface area (Å²) in [6.07, 6.45) is 0. The van der Waals surface area contributed by atoms with Crippen LogP contribution in [0.1, 0.15) is 5.56 Å². The minimum atomic E-state index is -3.34. The summed E-state index contributed by atoms with van der Waals surface area (Å²) in [5, 5.41) is 5.11. The van der Waals surface area contributed by atoms with E-state index in [0.717, 1.165) is 26.9 Å². The molecule has 4 rings (SSSR count). The number of piperazine rings is 1. The van der Waals surface area contributed by atoms with E-state index in [4.69, 9.17) is 0 Å². The van der Waals surface area contributed by atoms with E-state index in [1.54, 1.807) is 4.31 Å². The lowest BCUT2D eigenvalue weighted by atomic mass is 10.1. The maximum atomic E-state index is 12.7. The van der Waals surface area contributed by atoms with Gasteiger partial charge in [0.15, 0.2) is 6.54 Å². The molecular formula is C23H26N3O3S+. The summed E-state index contributed by atoms with van der Waals surface area (Å²) in [7, 11) is -3.34. The molecule has 0 saturated carbocycles. The molecule has 0 atom stereocenters. The van der Waals surface area contributed by atoms with E-state index in [1.807, 2.05) is 72.8 Å². The third-order valence-corrected chi connectivity index (χ3v) is 7.34. The van der Waals surface area contributed by atoms with Gasteiger partial charge in [0.2, 0.25) is 10.0 Å². The first-order chi connectivity index (χ1) is 14.5. The van der Waals surface area contributed by atoms with Crippen LogP contribution < -0.4 is 10.2 Å². The highest BCUT2D eigenvalue weighted by molar-refractivity contribution is 7.88. The zero-order chi connectivity index (χ0) is 21.0. The highest BCUT2D eigenvalue weighted by Crippen LogP contribution is 2.22. The fraction of sp³-hybridized carbons (Fsp3) is 0.261. The normalized spacial score (nSPS) is 15.9. The van der Waals surface area contributed by atoms with Gasteiger partial charge in [-0.15, -0.1) is 0 Å². The van der Waals surface area contributed by atoms with Gasteiger partial charge in [-0.05, 0) is 17.0 Å². The van der Waals surface area contributed by atoms with Crippen molar-refractivity contribution in [2.75, 3.05) is 38.0 Å². The number of anilines is 1. The van der Waals surface area contributed by atoms with Crippen molar-refractivity contribution in [1.29, 1.82) is 0 Å². The number of rotatable bonds is 6. The van der Waals surface area contributed by atoms with Crippen LogP contribution in [0.3, 0.4) is 0 Å². The lowest BCUT2D eigenvalue weighted by Crippen LogP contribution is -3.15. The molecule has 156 valence electrons. The van der Waals surface area contributed by atoms with Gasteiger partial charge in [0.05, 0.1) is 31.9 Å². The number of nitrogens with zero attached hydrogens (tertiary/aromatic N) is 1. The van der Waals surface area contributed by atoms with Crippen LogP contribution in [0.15, 0.2) is 72.8 Å². The topological polar surface area (TPSA) is 70.9 Å². The summed E-state index contributed by atoms with van der Waals surface area (Å²) in [5.74, 6) is -0.0352. The fourth-order valence-corrected chi connectivity index (χ4v) is 5.42. The highest BCUT2D eigenvalue weighted by atomic mass is 32.2. The average Bonchev–Trinajstić information content (AvgIpc) is 2.75. The van der Waals surface area contributed by atoms with E-state index in [9.17, 15) is 13.2 Å². The number of fused-ring (bicyclic) bond motifs is 1. The molecule has 3 aromatic rings. The van der Waals surface area contributed by atoms with Gasteiger partial charge in [-0.1, -0.05) is 66.7 Å². The first-order valence-electron chi connectivity index (χ1n) is 10.1. The van der Waals surface area contributed by atoms with Crippen molar-refractivity contribution >= 4 is 32.4 Å². The Hall–Kier alpha value is -2.74. The van der Waals surface area contributed by atoms with Crippen molar-refractivity contribution in [1.82, 2.24) is 4.31 Å². The number of quaternary nitrogens is 1. The van der Waals surface area contributed by atoms with Crippen LogP contribution in [-0.4, -0.2) is 51.4 Å². The third-order valence-electron chi connectivity index (χ3n) is 5.49. The number of benzene rings is 3. The molecule has 1 amide bonds. The van der Waals surface area contributed by atoms with Gasteiger partial charge in [-0.2, -0.15) is 4.31 Å². The molecule has 7 heteroatoms. The van der Waals surface area contributed by atoms with E-state index in [1.165, 1.54) is 0 Å². The minimum Gasteiger partial charge on any atom is -0.325 e. The molecule has 3 aromatic carbocycles. The lowest BCUT2D eigenvalue weighted by molar-refractivity contribution is -0.895. The molecular weight excluding hydrogens is 398 g/mol. The Bertz CT molecular complexity index is 1120. The van der Waals surface area contributed by atoms with Crippen molar-refractivity contribution in [2.24, 2.45) is 0 Å². The molecule has 0 radical (unpaired) electrons. The molecule has 30 heavy (non-hydrogen) atoms. The first kappa shape index (κ1) is 20.5. The van der Waals surface area contributed by atoms with Gasteiger partial charge >= 0.3 is 0 Å². The second kappa shape index (κ2) is 8.95. The van der Waals surface area contributed by atoms with Crippen LogP contribution >= 0.6 is 0 Å². The Kier molecular flexibility index (Phi) is 6.13. The van der Waals surface area contributed by atoms with E-state index < -0.39 is 10.0 Å². The highest BCUT2D eigenvalue weighted by Gasteiger charge is 2.30. The number of sulfonamides is 1. The second-order valence-corrected chi connectivity index (χ2v) is 9.61. The summed E-state index contributed by atoms with van der Waals surface area (Å²) in [6.45, 7) is 2.45. The molecule has 1 aliphatic heterocycles. The van der Waals surface area contributed by atoms with Gasteiger partial charge in [0.1, 0.15) is 0 Å². The predicted octanol–water partition coefficient (Wildman–Crippen LogP) is 1.51. The Morgan fingerprint density at radius 1 is 0.900 bits per heavy atom. The van der Waals surface area contributed by atoms with Gasteiger partial charge in [-0.3, -0.25) is 4.79 Å². The molecule has 1 fully saturated rings.